The van der Waals surface area contributed by atoms with Crippen LogP contribution in [0.5, 0.6) is 0 Å². The number of hydrogen-bond donors (Lipinski definition) is 1. The lowest BCUT2D eigenvalue weighted by atomic mass is 9.89. The third-order valence-corrected chi connectivity index (χ3v) is 4.89. The Hall–Kier alpha value is -0.800. The molecule has 2 nitrogen and oxygen atoms in total. The second kappa shape index (κ2) is 5.45. The Morgan fingerprint density at radius 2 is 2.22 bits per heavy atom. The standard InChI is InChI=1S/C14H17ClN2S/c15-11-5-3-4-10(8-11)9-16-14-12-6-1-2-7-13(12)17-18-14/h1-2,6-7,10-11,16H,3-5,8-9H2. The van der Waals surface area contributed by atoms with Gasteiger partial charge in [-0.1, -0.05) is 18.6 Å². The monoisotopic (exact) mass is 280 g/mol. The van der Waals surface area contributed by atoms with E-state index in [0.29, 0.717) is 11.3 Å². The zero-order valence-electron chi connectivity index (χ0n) is 10.2. The summed E-state index contributed by atoms with van der Waals surface area (Å²) >= 11 is 7.79. The third-order valence-electron chi connectivity index (χ3n) is 3.65. The van der Waals surface area contributed by atoms with E-state index in [0.717, 1.165) is 18.5 Å². The first-order valence-electron chi connectivity index (χ1n) is 6.55. The van der Waals surface area contributed by atoms with Crippen molar-refractivity contribution in [3.05, 3.63) is 24.3 Å². The summed E-state index contributed by atoms with van der Waals surface area (Å²) in [4.78, 5) is 0. The molecule has 1 aliphatic rings. The van der Waals surface area contributed by atoms with Crippen LogP contribution in [0.1, 0.15) is 25.7 Å². The Morgan fingerprint density at radius 1 is 1.33 bits per heavy atom. The lowest BCUT2D eigenvalue weighted by Gasteiger charge is -2.25. The van der Waals surface area contributed by atoms with Crippen molar-refractivity contribution in [1.82, 2.24) is 4.37 Å². The molecule has 1 fully saturated rings. The highest BCUT2D eigenvalue weighted by Crippen LogP contribution is 2.31. The molecule has 2 aromatic rings. The van der Waals surface area contributed by atoms with Gasteiger partial charge in [0.2, 0.25) is 0 Å². The zero-order chi connectivity index (χ0) is 12.4. The van der Waals surface area contributed by atoms with E-state index in [2.05, 4.69) is 27.9 Å². The number of hydrogen-bond acceptors (Lipinski definition) is 3. The topological polar surface area (TPSA) is 24.9 Å². The van der Waals surface area contributed by atoms with Gasteiger partial charge in [-0.25, -0.2) is 0 Å². The fourth-order valence-electron chi connectivity index (χ4n) is 2.66. The molecule has 4 heteroatoms. The smallest absolute Gasteiger partial charge is 0.117 e. The molecular formula is C14H17ClN2S. The summed E-state index contributed by atoms with van der Waals surface area (Å²) in [5.74, 6) is 0.710. The number of fused-ring (bicyclic) bond motifs is 1. The maximum Gasteiger partial charge on any atom is 0.117 e. The molecule has 18 heavy (non-hydrogen) atoms. The van der Waals surface area contributed by atoms with Crippen LogP contribution in [0, 0.1) is 5.92 Å². The van der Waals surface area contributed by atoms with E-state index in [4.69, 9.17) is 11.6 Å². The molecule has 0 bridgehead atoms. The Kier molecular flexibility index (Phi) is 3.71. The minimum Gasteiger partial charge on any atom is -0.375 e. The normalized spacial score (nSPS) is 24.3. The number of nitrogens with one attached hydrogen (secondary N) is 1. The number of anilines is 1. The maximum absolute atomic E-state index is 6.23. The highest BCUT2D eigenvalue weighted by molar-refractivity contribution is 7.11. The van der Waals surface area contributed by atoms with Crippen molar-refractivity contribution < 1.29 is 0 Å². The van der Waals surface area contributed by atoms with Crippen LogP contribution >= 0.6 is 23.1 Å². The average molecular weight is 281 g/mol. The van der Waals surface area contributed by atoms with Crippen molar-refractivity contribution >= 4 is 39.0 Å². The van der Waals surface area contributed by atoms with Gasteiger partial charge >= 0.3 is 0 Å². The van der Waals surface area contributed by atoms with Crippen LogP contribution < -0.4 is 5.32 Å². The van der Waals surface area contributed by atoms with Gasteiger partial charge in [-0.3, -0.25) is 0 Å². The molecule has 2 unspecified atom stereocenters. The second-order valence-electron chi connectivity index (χ2n) is 5.04. The Balaban J connectivity index is 1.66. The van der Waals surface area contributed by atoms with Gasteiger partial charge < -0.3 is 5.32 Å². The van der Waals surface area contributed by atoms with Gasteiger partial charge in [-0.2, -0.15) is 4.37 Å². The molecule has 3 rings (SSSR count). The van der Waals surface area contributed by atoms with Crippen LogP contribution in [0.4, 0.5) is 5.00 Å². The van der Waals surface area contributed by atoms with E-state index >= 15 is 0 Å². The predicted molar refractivity (Wildman–Crippen MR) is 79.7 cm³/mol. The number of halogens is 1. The second-order valence-corrected chi connectivity index (χ2v) is 6.43. The van der Waals surface area contributed by atoms with Crippen LogP contribution in [0.2, 0.25) is 0 Å². The number of nitrogens with zero attached hydrogens (tertiary/aromatic N) is 1. The summed E-state index contributed by atoms with van der Waals surface area (Å²) in [6.07, 6.45) is 4.89. The third kappa shape index (κ3) is 2.62. The van der Waals surface area contributed by atoms with Crippen LogP contribution in [0.25, 0.3) is 10.9 Å². The molecule has 1 aromatic heterocycles. The first-order chi connectivity index (χ1) is 8.83. The average Bonchev–Trinajstić information content (AvgIpc) is 2.80. The first-order valence-corrected chi connectivity index (χ1v) is 7.76. The van der Waals surface area contributed by atoms with Crippen LogP contribution in [-0.2, 0) is 0 Å². The summed E-state index contributed by atoms with van der Waals surface area (Å²) < 4.78 is 4.45. The molecule has 0 spiro atoms. The van der Waals surface area contributed by atoms with Crippen molar-refractivity contribution in [1.29, 1.82) is 0 Å². The number of benzene rings is 1. The van der Waals surface area contributed by atoms with Crippen LogP contribution in [-0.4, -0.2) is 16.3 Å². The molecule has 1 N–H and O–H groups in total. The fraction of sp³-hybridized carbons (Fsp3) is 0.500. The number of rotatable bonds is 3. The molecule has 0 saturated heterocycles. The SMILES string of the molecule is ClC1CCCC(CNc2snc3ccccc23)C1. The molecule has 0 aliphatic heterocycles. The lowest BCUT2D eigenvalue weighted by Crippen LogP contribution is -2.22. The number of aromatic nitrogens is 1. The minimum absolute atomic E-state index is 0.378. The molecule has 0 radical (unpaired) electrons. The molecule has 2 atom stereocenters. The molecule has 96 valence electrons. The van der Waals surface area contributed by atoms with Crippen molar-refractivity contribution in [2.24, 2.45) is 5.92 Å². The maximum atomic E-state index is 6.23. The largest absolute Gasteiger partial charge is 0.375 e. The van der Waals surface area contributed by atoms with Crippen molar-refractivity contribution in [2.45, 2.75) is 31.1 Å². The lowest BCUT2D eigenvalue weighted by molar-refractivity contribution is 0.379. The van der Waals surface area contributed by atoms with Gasteiger partial charge in [0.15, 0.2) is 0 Å². The van der Waals surface area contributed by atoms with E-state index in [-0.39, 0.29) is 0 Å². The molecule has 1 saturated carbocycles. The zero-order valence-corrected chi connectivity index (χ0v) is 11.8. The van der Waals surface area contributed by atoms with Gasteiger partial charge in [0.25, 0.3) is 0 Å². The summed E-state index contributed by atoms with van der Waals surface area (Å²) in [5.41, 5.74) is 1.09. The number of alkyl halides is 1. The van der Waals surface area contributed by atoms with Gasteiger partial charge in [0, 0.05) is 17.3 Å². The molecule has 0 amide bonds. The summed E-state index contributed by atoms with van der Waals surface area (Å²) in [6.45, 7) is 1.02. The van der Waals surface area contributed by atoms with Gasteiger partial charge in [0.05, 0.1) is 5.52 Å². The highest BCUT2D eigenvalue weighted by atomic mass is 35.5. The van der Waals surface area contributed by atoms with E-state index in [1.165, 1.54) is 29.6 Å². The summed E-state index contributed by atoms with van der Waals surface area (Å²) in [7, 11) is 0. The Labute approximate surface area is 117 Å². The molecular weight excluding hydrogens is 264 g/mol. The van der Waals surface area contributed by atoms with Crippen molar-refractivity contribution in [2.75, 3.05) is 11.9 Å². The van der Waals surface area contributed by atoms with E-state index in [9.17, 15) is 0 Å². The van der Waals surface area contributed by atoms with Gasteiger partial charge in [-0.15, -0.1) is 11.6 Å². The van der Waals surface area contributed by atoms with Crippen molar-refractivity contribution in [3.8, 4) is 0 Å². The molecule has 1 aliphatic carbocycles. The quantitative estimate of drug-likeness (QED) is 0.837. The molecule has 1 aromatic carbocycles. The highest BCUT2D eigenvalue weighted by Gasteiger charge is 2.20. The first kappa shape index (κ1) is 12.2. The van der Waals surface area contributed by atoms with E-state index in [1.54, 1.807) is 11.5 Å². The Bertz CT molecular complexity index is 525. The van der Waals surface area contributed by atoms with E-state index in [1.807, 2.05) is 6.07 Å². The van der Waals surface area contributed by atoms with E-state index < -0.39 is 0 Å². The van der Waals surface area contributed by atoms with Crippen LogP contribution in [0.3, 0.4) is 0 Å². The summed E-state index contributed by atoms with van der Waals surface area (Å²) in [5, 5.41) is 6.37. The summed E-state index contributed by atoms with van der Waals surface area (Å²) in [6, 6.07) is 8.29. The Morgan fingerprint density at radius 3 is 3.11 bits per heavy atom. The van der Waals surface area contributed by atoms with Crippen LogP contribution in [0.15, 0.2) is 24.3 Å². The predicted octanol–water partition coefficient (Wildman–Crippen LogP) is 4.51. The van der Waals surface area contributed by atoms with Gasteiger partial charge in [-0.05, 0) is 48.8 Å². The molecule has 1 heterocycles. The van der Waals surface area contributed by atoms with Crippen molar-refractivity contribution in [3.63, 3.8) is 0 Å². The van der Waals surface area contributed by atoms with Gasteiger partial charge in [0.1, 0.15) is 5.00 Å². The fourth-order valence-corrected chi connectivity index (χ4v) is 3.84. The minimum atomic E-state index is 0.378.